The fraction of sp³-hybridized carbons (Fsp3) is 0.714. The van der Waals surface area contributed by atoms with E-state index in [1.54, 1.807) is 0 Å². The zero-order valence-electron chi connectivity index (χ0n) is 11.4. The number of rotatable bonds is 5. The lowest BCUT2D eigenvalue weighted by Gasteiger charge is -2.23. The average molecular weight is 249 g/mol. The van der Waals surface area contributed by atoms with Crippen molar-refractivity contribution in [2.45, 2.75) is 39.5 Å². The maximum absolute atomic E-state index is 5.50. The van der Waals surface area contributed by atoms with Gasteiger partial charge in [-0.3, -0.25) is 0 Å². The molecule has 1 aromatic rings. The fourth-order valence-electron chi connectivity index (χ4n) is 2.31. The number of anilines is 1. The van der Waals surface area contributed by atoms with E-state index in [9.17, 15) is 0 Å². The molecule has 0 aliphatic carbocycles. The Balaban J connectivity index is 1.95. The van der Waals surface area contributed by atoms with E-state index in [4.69, 9.17) is 4.74 Å². The summed E-state index contributed by atoms with van der Waals surface area (Å²) in [6.45, 7) is 6.86. The molecule has 2 rings (SSSR count). The Hall–Kier alpha value is -1.16. The third-order valence-electron chi connectivity index (χ3n) is 3.32. The molecule has 1 fully saturated rings. The molecule has 0 amide bonds. The molecule has 0 aromatic carbocycles. The number of ether oxygens (including phenoxy) is 1. The molecule has 0 spiro atoms. The smallest absolute Gasteiger partial charge is 0.132 e. The second-order valence-electron chi connectivity index (χ2n) is 5.01. The summed E-state index contributed by atoms with van der Waals surface area (Å²) in [7, 11) is 0. The monoisotopic (exact) mass is 249 g/mol. The lowest BCUT2D eigenvalue weighted by molar-refractivity contribution is 0.0594. The fourth-order valence-corrected chi connectivity index (χ4v) is 2.31. The molecule has 1 unspecified atom stereocenters. The number of hydrogen-bond acceptors (Lipinski definition) is 4. The molecule has 1 saturated heterocycles. The van der Waals surface area contributed by atoms with E-state index < -0.39 is 0 Å². The second kappa shape index (κ2) is 6.69. The van der Waals surface area contributed by atoms with Gasteiger partial charge in [0, 0.05) is 24.9 Å². The molecule has 18 heavy (non-hydrogen) atoms. The van der Waals surface area contributed by atoms with Crippen molar-refractivity contribution in [3.8, 4) is 0 Å². The van der Waals surface area contributed by atoms with Crippen molar-refractivity contribution >= 4 is 5.82 Å². The van der Waals surface area contributed by atoms with Crippen LogP contribution in [0.5, 0.6) is 0 Å². The summed E-state index contributed by atoms with van der Waals surface area (Å²) in [6.07, 6.45) is 6.53. The molecule has 100 valence electrons. The van der Waals surface area contributed by atoms with E-state index in [1.165, 1.54) is 18.4 Å². The number of nitrogens with one attached hydrogen (secondary N) is 1. The van der Waals surface area contributed by atoms with Crippen LogP contribution in [0.1, 0.15) is 37.6 Å². The van der Waals surface area contributed by atoms with Crippen LogP contribution in [0.25, 0.3) is 0 Å². The summed E-state index contributed by atoms with van der Waals surface area (Å²) in [5, 5.41) is 3.48. The SMILES string of the molecule is CCCc1cnc(C)nc1NCC1CCCOC1. The van der Waals surface area contributed by atoms with Gasteiger partial charge in [-0.15, -0.1) is 0 Å². The Morgan fingerprint density at radius 2 is 2.39 bits per heavy atom. The van der Waals surface area contributed by atoms with Crippen molar-refractivity contribution in [1.82, 2.24) is 9.97 Å². The van der Waals surface area contributed by atoms with Gasteiger partial charge in [-0.2, -0.15) is 0 Å². The van der Waals surface area contributed by atoms with Crippen LogP contribution in [0.15, 0.2) is 6.20 Å². The van der Waals surface area contributed by atoms with E-state index >= 15 is 0 Å². The van der Waals surface area contributed by atoms with Gasteiger partial charge in [-0.25, -0.2) is 9.97 Å². The molecule has 1 aromatic heterocycles. The minimum atomic E-state index is 0.614. The molecule has 0 radical (unpaired) electrons. The molecule has 1 atom stereocenters. The predicted octanol–water partition coefficient (Wildman–Crippen LogP) is 2.58. The lowest BCUT2D eigenvalue weighted by Crippen LogP contribution is -2.25. The van der Waals surface area contributed by atoms with E-state index in [2.05, 4.69) is 22.2 Å². The Kier molecular flexibility index (Phi) is 4.93. The number of aryl methyl sites for hydroxylation is 2. The Labute approximate surface area is 109 Å². The topological polar surface area (TPSA) is 47.0 Å². The van der Waals surface area contributed by atoms with Crippen LogP contribution in [0.3, 0.4) is 0 Å². The van der Waals surface area contributed by atoms with Gasteiger partial charge in [-0.1, -0.05) is 13.3 Å². The Morgan fingerprint density at radius 1 is 1.50 bits per heavy atom. The first-order valence-corrected chi connectivity index (χ1v) is 6.93. The van der Waals surface area contributed by atoms with Gasteiger partial charge in [0.05, 0.1) is 6.61 Å². The van der Waals surface area contributed by atoms with Gasteiger partial charge in [-0.05, 0) is 32.1 Å². The average Bonchev–Trinajstić information content (AvgIpc) is 2.40. The highest BCUT2D eigenvalue weighted by atomic mass is 16.5. The maximum Gasteiger partial charge on any atom is 0.132 e. The molecule has 1 aliphatic heterocycles. The van der Waals surface area contributed by atoms with Gasteiger partial charge >= 0.3 is 0 Å². The first-order valence-electron chi connectivity index (χ1n) is 6.93. The van der Waals surface area contributed by atoms with Crippen LogP contribution in [0.2, 0.25) is 0 Å². The minimum Gasteiger partial charge on any atom is -0.381 e. The van der Waals surface area contributed by atoms with Crippen LogP contribution >= 0.6 is 0 Å². The summed E-state index contributed by atoms with van der Waals surface area (Å²) < 4.78 is 5.50. The van der Waals surface area contributed by atoms with E-state index in [-0.39, 0.29) is 0 Å². The van der Waals surface area contributed by atoms with Gasteiger partial charge in [0.2, 0.25) is 0 Å². The first-order chi connectivity index (χ1) is 8.79. The standard InChI is InChI=1S/C14H23N3O/c1-3-5-13-9-15-11(2)17-14(13)16-8-12-6-4-7-18-10-12/h9,12H,3-8,10H2,1-2H3,(H,15,16,17). The zero-order chi connectivity index (χ0) is 12.8. The van der Waals surface area contributed by atoms with Crippen molar-refractivity contribution in [3.63, 3.8) is 0 Å². The molecular weight excluding hydrogens is 226 g/mol. The highest BCUT2D eigenvalue weighted by molar-refractivity contribution is 5.43. The van der Waals surface area contributed by atoms with Crippen LogP contribution in [0.4, 0.5) is 5.82 Å². The molecule has 0 bridgehead atoms. The lowest BCUT2D eigenvalue weighted by atomic mass is 10.0. The number of hydrogen-bond donors (Lipinski definition) is 1. The van der Waals surface area contributed by atoms with Crippen molar-refractivity contribution in [2.24, 2.45) is 5.92 Å². The maximum atomic E-state index is 5.50. The van der Waals surface area contributed by atoms with E-state index in [0.29, 0.717) is 5.92 Å². The van der Waals surface area contributed by atoms with Crippen LogP contribution < -0.4 is 5.32 Å². The molecule has 2 heterocycles. The van der Waals surface area contributed by atoms with E-state index in [1.807, 2.05) is 13.1 Å². The summed E-state index contributed by atoms with van der Waals surface area (Å²) in [5.41, 5.74) is 1.22. The van der Waals surface area contributed by atoms with Gasteiger partial charge in [0.1, 0.15) is 11.6 Å². The highest BCUT2D eigenvalue weighted by Crippen LogP contribution is 2.17. The molecule has 1 aliphatic rings. The summed E-state index contributed by atoms with van der Waals surface area (Å²) >= 11 is 0. The predicted molar refractivity (Wildman–Crippen MR) is 72.8 cm³/mol. The molecule has 1 N–H and O–H groups in total. The van der Waals surface area contributed by atoms with Crippen LogP contribution in [-0.4, -0.2) is 29.7 Å². The number of nitrogens with zero attached hydrogens (tertiary/aromatic N) is 2. The van der Waals surface area contributed by atoms with Gasteiger partial charge < -0.3 is 10.1 Å². The van der Waals surface area contributed by atoms with Crippen molar-refractivity contribution < 1.29 is 4.74 Å². The summed E-state index contributed by atoms with van der Waals surface area (Å²) in [6, 6.07) is 0. The minimum absolute atomic E-state index is 0.614. The molecule has 0 saturated carbocycles. The van der Waals surface area contributed by atoms with Crippen molar-refractivity contribution in [2.75, 3.05) is 25.1 Å². The van der Waals surface area contributed by atoms with Crippen LogP contribution in [-0.2, 0) is 11.2 Å². The van der Waals surface area contributed by atoms with E-state index in [0.717, 1.165) is 44.2 Å². The number of aromatic nitrogens is 2. The van der Waals surface area contributed by atoms with Gasteiger partial charge in [0.25, 0.3) is 0 Å². The molecular formula is C14H23N3O. The summed E-state index contributed by atoms with van der Waals surface area (Å²) in [5.74, 6) is 2.45. The third-order valence-corrected chi connectivity index (χ3v) is 3.32. The molecule has 4 heteroatoms. The first kappa shape index (κ1) is 13.3. The normalized spacial score (nSPS) is 19.8. The quantitative estimate of drug-likeness (QED) is 0.871. The Bertz CT molecular complexity index is 375. The third kappa shape index (κ3) is 3.67. The van der Waals surface area contributed by atoms with Crippen molar-refractivity contribution in [1.29, 1.82) is 0 Å². The van der Waals surface area contributed by atoms with Gasteiger partial charge in [0.15, 0.2) is 0 Å². The molecule has 4 nitrogen and oxygen atoms in total. The van der Waals surface area contributed by atoms with Crippen molar-refractivity contribution in [3.05, 3.63) is 17.6 Å². The Morgan fingerprint density at radius 3 is 3.11 bits per heavy atom. The zero-order valence-corrected chi connectivity index (χ0v) is 11.4. The van der Waals surface area contributed by atoms with Crippen LogP contribution in [0, 0.1) is 12.8 Å². The summed E-state index contributed by atoms with van der Waals surface area (Å²) in [4.78, 5) is 8.79. The second-order valence-corrected chi connectivity index (χ2v) is 5.01. The highest BCUT2D eigenvalue weighted by Gasteiger charge is 2.14. The largest absolute Gasteiger partial charge is 0.381 e.